The number of halogens is 1. The standard InChI is InChI=1S/C17H20ClN5O3/c1-17(2,3)26-16(25)22-10-4-9-21(22)15(24)13-11-12(18)5-6-14(13)23-19-7-8-20-23/h5-8,11H,4,9-10H2,1-3H3. The summed E-state index contributed by atoms with van der Waals surface area (Å²) in [5.74, 6) is -0.358. The molecule has 2 amide bonds. The number of carbonyl (C=O) groups is 2. The zero-order valence-electron chi connectivity index (χ0n) is 14.8. The van der Waals surface area contributed by atoms with E-state index in [4.69, 9.17) is 16.3 Å². The van der Waals surface area contributed by atoms with Gasteiger partial charge in [-0.2, -0.15) is 15.0 Å². The molecule has 8 nitrogen and oxygen atoms in total. The smallest absolute Gasteiger partial charge is 0.429 e. The van der Waals surface area contributed by atoms with Crippen LogP contribution in [-0.2, 0) is 4.74 Å². The molecule has 2 aromatic rings. The van der Waals surface area contributed by atoms with E-state index in [0.717, 1.165) is 0 Å². The highest BCUT2D eigenvalue weighted by Gasteiger charge is 2.35. The number of nitrogens with zero attached hydrogens (tertiary/aromatic N) is 5. The summed E-state index contributed by atoms with van der Waals surface area (Å²) in [6, 6.07) is 4.88. The van der Waals surface area contributed by atoms with Gasteiger partial charge >= 0.3 is 6.09 Å². The fourth-order valence-electron chi connectivity index (χ4n) is 2.66. The first-order chi connectivity index (χ1) is 12.3. The first kappa shape index (κ1) is 18.2. The molecule has 1 aliphatic heterocycles. The normalized spacial score (nSPS) is 14.6. The number of aromatic nitrogens is 3. The van der Waals surface area contributed by atoms with Crippen LogP contribution in [0.5, 0.6) is 0 Å². The molecular formula is C17H20ClN5O3. The van der Waals surface area contributed by atoms with Gasteiger partial charge in [-0.1, -0.05) is 11.6 Å². The molecule has 1 fully saturated rings. The van der Waals surface area contributed by atoms with Crippen LogP contribution >= 0.6 is 11.6 Å². The van der Waals surface area contributed by atoms with Crippen LogP contribution in [-0.4, -0.2) is 55.7 Å². The largest absolute Gasteiger partial charge is 0.442 e. The third kappa shape index (κ3) is 3.80. The van der Waals surface area contributed by atoms with E-state index in [2.05, 4.69) is 10.2 Å². The molecule has 9 heteroatoms. The van der Waals surface area contributed by atoms with Gasteiger partial charge in [-0.15, -0.1) is 0 Å². The zero-order valence-corrected chi connectivity index (χ0v) is 15.6. The zero-order chi connectivity index (χ0) is 18.9. The summed E-state index contributed by atoms with van der Waals surface area (Å²) < 4.78 is 5.40. The van der Waals surface area contributed by atoms with E-state index >= 15 is 0 Å². The van der Waals surface area contributed by atoms with Crippen molar-refractivity contribution in [3.63, 3.8) is 0 Å². The molecule has 0 N–H and O–H groups in total. The van der Waals surface area contributed by atoms with Gasteiger partial charge < -0.3 is 4.74 Å². The molecule has 26 heavy (non-hydrogen) atoms. The molecule has 0 radical (unpaired) electrons. The number of ether oxygens (including phenoxy) is 1. The second-order valence-electron chi connectivity index (χ2n) is 6.87. The van der Waals surface area contributed by atoms with Crippen LogP contribution in [0, 0.1) is 0 Å². The fraction of sp³-hybridized carbons (Fsp3) is 0.412. The lowest BCUT2D eigenvalue weighted by Gasteiger charge is -2.30. The molecule has 0 atom stereocenters. The molecule has 0 aliphatic carbocycles. The molecule has 0 unspecified atom stereocenters. The highest BCUT2D eigenvalue weighted by molar-refractivity contribution is 6.31. The Morgan fingerprint density at radius 2 is 1.77 bits per heavy atom. The van der Waals surface area contributed by atoms with E-state index in [-0.39, 0.29) is 5.91 Å². The Balaban J connectivity index is 1.91. The monoisotopic (exact) mass is 377 g/mol. The summed E-state index contributed by atoms with van der Waals surface area (Å²) in [5, 5.41) is 11.3. The average Bonchev–Trinajstić information content (AvgIpc) is 3.24. The summed E-state index contributed by atoms with van der Waals surface area (Å²) in [5.41, 5.74) is 0.152. The Kier molecular flexibility index (Phi) is 4.86. The van der Waals surface area contributed by atoms with Crippen molar-refractivity contribution in [2.75, 3.05) is 13.1 Å². The predicted octanol–water partition coefficient (Wildman–Crippen LogP) is 2.92. The summed E-state index contributed by atoms with van der Waals surface area (Å²) >= 11 is 6.09. The third-order valence-corrected chi connectivity index (χ3v) is 3.93. The van der Waals surface area contributed by atoms with Crippen molar-refractivity contribution in [2.24, 2.45) is 0 Å². The van der Waals surface area contributed by atoms with Crippen LogP contribution in [0.4, 0.5) is 4.79 Å². The molecule has 1 aromatic carbocycles. The second kappa shape index (κ2) is 6.95. The van der Waals surface area contributed by atoms with Crippen LogP contribution in [0.3, 0.4) is 0 Å². The Morgan fingerprint density at radius 1 is 1.12 bits per heavy atom. The molecular weight excluding hydrogens is 358 g/mol. The topological polar surface area (TPSA) is 80.6 Å². The van der Waals surface area contributed by atoms with Gasteiger partial charge in [-0.05, 0) is 45.4 Å². The van der Waals surface area contributed by atoms with Gasteiger partial charge in [0.15, 0.2) is 0 Å². The maximum atomic E-state index is 13.1. The number of hydrogen-bond donors (Lipinski definition) is 0. The minimum Gasteiger partial charge on any atom is -0.442 e. The maximum absolute atomic E-state index is 13.1. The number of hydrazine groups is 1. The van der Waals surface area contributed by atoms with Crippen LogP contribution in [0.15, 0.2) is 30.6 Å². The molecule has 0 bridgehead atoms. The Labute approximate surface area is 156 Å². The van der Waals surface area contributed by atoms with Crippen molar-refractivity contribution >= 4 is 23.6 Å². The summed E-state index contributed by atoms with van der Waals surface area (Å²) in [6.45, 7) is 6.18. The SMILES string of the molecule is CC(C)(C)OC(=O)N1CCCN1C(=O)c1cc(Cl)ccc1-n1nccn1. The van der Waals surface area contributed by atoms with Gasteiger partial charge in [-0.3, -0.25) is 4.79 Å². The number of benzene rings is 1. The molecule has 3 rings (SSSR count). The summed E-state index contributed by atoms with van der Waals surface area (Å²) in [4.78, 5) is 26.9. The van der Waals surface area contributed by atoms with E-state index in [1.54, 1.807) is 39.0 Å². The first-order valence-corrected chi connectivity index (χ1v) is 8.62. The number of carbonyl (C=O) groups excluding carboxylic acids is 2. The van der Waals surface area contributed by atoms with Crippen LogP contribution in [0.1, 0.15) is 37.6 Å². The summed E-state index contributed by atoms with van der Waals surface area (Å²) in [6.07, 6.45) is 3.15. The lowest BCUT2D eigenvalue weighted by Crippen LogP contribution is -2.47. The van der Waals surface area contributed by atoms with Crippen LogP contribution in [0.25, 0.3) is 5.69 Å². The van der Waals surface area contributed by atoms with Gasteiger partial charge in [0, 0.05) is 18.1 Å². The first-order valence-electron chi connectivity index (χ1n) is 8.25. The number of hydrogen-bond acceptors (Lipinski definition) is 5. The van der Waals surface area contributed by atoms with E-state index in [1.165, 1.54) is 27.2 Å². The minimum absolute atomic E-state index is 0.309. The van der Waals surface area contributed by atoms with Gasteiger partial charge in [0.2, 0.25) is 0 Å². The Hall–Kier alpha value is -2.61. The van der Waals surface area contributed by atoms with E-state index in [0.29, 0.717) is 35.8 Å². The number of amides is 2. The number of rotatable bonds is 2. The van der Waals surface area contributed by atoms with E-state index in [9.17, 15) is 9.59 Å². The molecule has 1 aliphatic rings. The Morgan fingerprint density at radius 3 is 2.42 bits per heavy atom. The van der Waals surface area contributed by atoms with Gasteiger partial charge in [0.25, 0.3) is 5.91 Å². The van der Waals surface area contributed by atoms with Gasteiger partial charge in [0.05, 0.1) is 23.6 Å². The average molecular weight is 378 g/mol. The highest BCUT2D eigenvalue weighted by Crippen LogP contribution is 2.24. The van der Waals surface area contributed by atoms with E-state index < -0.39 is 11.7 Å². The van der Waals surface area contributed by atoms with Crippen molar-refractivity contribution in [1.29, 1.82) is 0 Å². The molecule has 1 aromatic heterocycles. The quantitative estimate of drug-likeness (QED) is 0.803. The minimum atomic E-state index is -0.644. The van der Waals surface area contributed by atoms with Crippen molar-refractivity contribution in [1.82, 2.24) is 25.0 Å². The molecule has 1 saturated heterocycles. The molecule has 0 saturated carbocycles. The molecule has 2 heterocycles. The highest BCUT2D eigenvalue weighted by atomic mass is 35.5. The Bertz CT molecular complexity index is 816. The lowest BCUT2D eigenvalue weighted by atomic mass is 10.1. The van der Waals surface area contributed by atoms with Gasteiger partial charge in [-0.25, -0.2) is 14.8 Å². The lowest BCUT2D eigenvalue weighted by molar-refractivity contribution is -0.0193. The summed E-state index contributed by atoms with van der Waals surface area (Å²) in [7, 11) is 0. The van der Waals surface area contributed by atoms with Crippen molar-refractivity contribution < 1.29 is 14.3 Å². The van der Waals surface area contributed by atoms with Gasteiger partial charge in [0.1, 0.15) is 5.60 Å². The third-order valence-electron chi connectivity index (χ3n) is 3.69. The fourth-order valence-corrected chi connectivity index (χ4v) is 2.83. The predicted molar refractivity (Wildman–Crippen MR) is 95.0 cm³/mol. The second-order valence-corrected chi connectivity index (χ2v) is 7.30. The molecule has 138 valence electrons. The van der Waals surface area contributed by atoms with Crippen molar-refractivity contribution in [3.8, 4) is 5.69 Å². The maximum Gasteiger partial charge on any atom is 0.429 e. The molecule has 0 spiro atoms. The van der Waals surface area contributed by atoms with Crippen molar-refractivity contribution in [2.45, 2.75) is 32.8 Å². The van der Waals surface area contributed by atoms with Crippen LogP contribution < -0.4 is 0 Å². The van der Waals surface area contributed by atoms with Crippen molar-refractivity contribution in [3.05, 3.63) is 41.2 Å². The van der Waals surface area contributed by atoms with E-state index in [1.807, 2.05) is 0 Å². The van der Waals surface area contributed by atoms with Crippen LogP contribution in [0.2, 0.25) is 5.02 Å².